The van der Waals surface area contributed by atoms with Crippen LogP contribution < -0.4 is 0 Å². The zero-order valence-electron chi connectivity index (χ0n) is 12.3. The molecule has 1 aliphatic heterocycles. The van der Waals surface area contributed by atoms with E-state index in [-0.39, 0.29) is 5.91 Å². The van der Waals surface area contributed by atoms with Crippen LogP contribution in [0.1, 0.15) is 55.3 Å². The van der Waals surface area contributed by atoms with Crippen LogP contribution in [0.15, 0.2) is 11.4 Å². The van der Waals surface area contributed by atoms with E-state index in [0.29, 0.717) is 16.9 Å². The summed E-state index contributed by atoms with van der Waals surface area (Å²) < 4.78 is 0. The predicted octanol–water partition coefficient (Wildman–Crippen LogP) is 4.10. The molecule has 2 atom stereocenters. The van der Waals surface area contributed by atoms with E-state index in [1.807, 2.05) is 18.4 Å². The second-order valence-electron chi connectivity index (χ2n) is 7.58. The summed E-state index contributed by atoms with van der Waals surface area (Å²) in [5, 5.41) is 2.02. The number of thiophene rings is 1. The number of hydrogen-bond donors (Lipinski definition) is 0. The monoisotopic (exact) mass is 277 g/mol. The first kappa shape index (κ1) is 13.2. The molecule has 2 aliphatic rings. The van der Waals surface area contributed by atoms with Crippen molar-refractivity contribution in [2.24, 2.45) is 10.8 Å². The molecule has 0 spiro atoms. The molecule has 1 saturated carbocycles. The molecule has 3 heteroatoms. The van der Waals surface area contributed by atoms with Crippen molar-refractivity contribution < 1.29 is 4.79 Å². The van der Waals surface area contributed by atoms with E-state index < -0.39 is 0 Å². The molecule has 1 aromatic rings. The van der Waals surface area contributed by atoms with Crippen molar-refractivity contribution in [2.45, 2.75) is 53.0 Å². The molecular formula is C16H23NOS. The first-order chi connectivity index (χ1) is 8.80. The topological polar surface area (TPSA) is 20.3 Å². The summed E-state index contributed by atoms with van der Waals surface area (Å²) in [6.45, 7) is 10.0. The van der Waals surface area contributed by atoms with Crippen LogP contribution in [-0.4, -0.2) is 23.4 Å². The average molecular weight is 277 g/mol. The average Bonchev–Trinajstić information content (AvgIpc) is 2.78. The van der Waals surface area contributed by atoms with Crippen LogP contribution in [0.5, 0.6) is 0 Å². The van der Waals surface area contributed by atoms with Crippen LogP contribution >= 0.6 is 11.3 Å². The van der Waals surface area contributed by atoms with Gasteiger partial charge < -0.3 is 4.90 Å². The first-order valence-electron chi connectivity index (χ1n) is 7.15. The fourth-order valence-corrected chi connectivity index (χ4v) is 5.30. The fraction of sp³-hybridized carbons (Fsp3) is 0.688. The zero-order chi connectivity index (χ0) is 13.8. The molecule has 0 aromatic carbocycles. The van der Waals surface area contributed by atoms with Crippen molar-refractivity contribution >= 4 is 17.2 Å². The van der Waals surface area contributed by atoms with Gasteiger partial charge >= 0.3 is 0 Å². The van der Waals surface area contributed by atoms with Gasteiger partial charge in [-0.15, -0.1) is 11.3 Å². The lowest BCUT2D eigenvalue weighted by Gasteiger charge is -2.39. The van der Waals surface area contributed by atoms with Gasteiger partial charge in [-0.2, -0.15) is 0 Å². The molecule has 1 aromatic heterocycles. The largest absolute Gasteiger partial charge is 0.334 e. The van der Waals surface area contributed by atoms with E-state index in [2.05, 4.69) is 25.7 Å². The Hall–Kier alpha value is -0.830. The molecule has 1 amide bonds. The van der Waals surface area contributed by atoms with Gasteiger partial charge in [-0.05, 0) is 54.0 Å². The highest BCUT2D eigenvalue weighted by molar-refractivity contribution is 7.12. The number of fused-ring (bicyclic) bond motifs is 2. The summed E-state index contributed by atoms with van der Waals surface area (Å²) in [6.07, 6.45) is 3.58. The summed E-state index contributed by atoms with van der Waals surface area (Å²) >= 11 is 1.59. The minimum absolute atomic E-state index is 0.263. The second kappa shape index (κ2) is 4.08. The number of aryl methyl sites for hydroxylation is 1. The second-order valence-corrected chi connectivity index (χ2v) is 8.50. The molecule has 19 heavy (non-hydrogen) atoms. The summed E-state index contributed by atoms with van der Waals surface area (Å²) in [6, 6.07) is 2.49. The highest BCUT2D eigenvalue weighted by Gasteiger charge is 2.51. The molecule has 1 saturated heterocycles. The third-order valence-corrected chi connectivity index (χ3v) is 5.74. The molecule has 0 radical (unpaired) electrons. The molecular weight excluding hydrogens is 254 g/mol. The van der Waals surface area contributed by atoms with Crippen molar-refractivity contribution in [2.75, 3.05) is 6.54 Å². The van der Waals surface area contributed by atoms with E-state index in [1.54, 1.807) is 11.3 Å². The van der Waals surface area contributed by atoms with Gasteiger partial charge in [0, 0.05) is 12.6 Å². The van der Waals surface area contributed by atoms with Gasteiger partial charge in [0.25, 0.3) is 5.91 Å². The van der Waals surface area contributed by atoms with Crippen LogP contribution in [0.25, 0.3) is 0 Å². The summed E-state index contributed by atoms with van der Waals surface area (Å²) in [4.78, 5) is 15.9. The van der Waals surface area contributed by atoms with Gasteiger partial charge in [-0.3, -0.25) is 4.79 Å². The van der Waals surface area contributed by atoms with Gasteiger partial charge in [0.15, 0.2) is 0 Å². The minimum atomic E-state index is 0.263. The van der Waals surface area contributed by atoms with Crippen LogP contribution in [0.2, 0.25) is 0 Å². The van der Waals surface area contributed by atoms with Crippen molar-refractivity contribution in [3.05, 3.63) is 21.9 Å². The molecule has 104 valence electrons. The SMILES string of the molecule is Cc1ccsc1C(=O)N1CC2(C)CC1CC(C)(C)C2. The molecule has 0 N–H and O–H groups in total. The molecule has 3 rings (SSSR count). The lowest BCUT2D eigenvalue weighted by molar-refractivity contribution is 0.0712. The first-order valence-corrected chi connectivity index (χ1v) is 8.03. The Morgan fingerprint density at radius 2 is 2.11 bits per heavy atom. The number of likely N-dealkylation sites (tertiary alicyclic amines) is 1. The lowest BCUT2D eigenvalue weighted by atomic mass is 9.65. The Bertz CT molecular complexity index is 519. The van der Waals surface area contributed by atoms with Gasteiger partial charge in [-0.1, -0.05) is 20.8 Å². The number of nitrogens with zero attached hydrogens (tertiary/aromatic N) is 1. The van der Waals surface area contributed by atoms with Crippen LogP contribution in [0.3, 0.4) is 0 Å². The van der Waals surface area contributed by atoms with Crippen molar-refractivity contribution in [1.82, 2.24) is 4.90 Å². The maximum Gasteiger partial charge on any atom is 0.264 e. The van der Waals surface area contributed by atoms with Gasteiger partial charge in [0.05, 0.1) is 4.88 Å². The van der Waals surface area contributed by atoms with Crippen LogP contribution in [-0.2, 0) is 0 Å². The van der Waals surface area contributed by atoms with E-state index in [4.69, 9.17) is 0 Å². The molecule has 2 unspecified atom stereocenters. The third kappa shape index (κ3) is 2.22. The summed E-state index contributed by atoms with van der Waals surface area (Å²) in [5.74, 6) is 0.263. The number of carbonyl (C=O) groups is 1. The molecule has 2 heterocycles. The van der Waals surface area contributed by atoms with E-state index >= 15 is 0 Å². The van der Waals surface area contributed by atoms with E-state index in [9.17, 15) is 4.79 Å². The number of amides is 1. The van der Waals surface area contributed by atoms with Crippen LogP contribution in [0, 0.1) is 17.8 Å². The van der Waals surface area contributed by atoms with Crippen molar-refractivity contribution in [3.63, 3.8) is 0 Å². The Morgan fingerprint density at radius 1 is 1.37 bits per heavy atom. The standard InChI is InChI=1S/C16H23NOS/c1-11-5-6-19-13(11)14(18)17-10-16(4)8-12(17)7-15(2,3)9-16/h5-6,12H,7-10H2,1-4H3. The zero-order valence-corrected chi connectivity index (χ0v) is 13.1. The smallest absolute Gasteiger partial charge is 0.264 e. The number of hydrogen-bond acceptors (Lipinski definition) is 2. The van der Waals surface area contributed by atoms with Gasteiger partial charge in [0.1, 0.15) is 0 Å². The van der Waals surface area contributed by atoms with E-state index in [1.165, 1.54) is 12.8 Å². The Labute approximate surface area is 119 Å². The quantitative estimate of drug-likeness (QED) is 0.757. The predicted molar refractivity (Wildman–Crippen MR) is 79.6 cm³/mol. The van der Waals surface area contributed by atoms with Crippen LogP contribution in [0.4, 0.5) is 0 Å². The van der Waals surface area contributed by atoms with Crippen molar-refractivity contribution in [3.8, 4) is 0 Å². The highest BCUT2D eigenvalue weighted by atomic mass is 32.1. The molecule has 1 aliphatic carbocycles. The van der Waals surface area contributed by atoms with Gasteiger partial charge in [-0.25, -0.2) is 0 Å². The number of carbonyl (C=O) groups excluding carboxylic acids is 1. The lowest BCUT2D eigenvalue weighted by Crippen LogP contribution is -2.37. The summed E-state index contributed by atoms with van der Waals surface area (Å²) in [5.41, 5.74) is 1.82. The molecule has 2 nitrogen and oxygen atoms in total. The maximum absolute atomic E-state index is 12.8. The Kier molecular flexibility index (Phi) is 2.83. The number of rotatable bonds is 1. The summed E-state index contributed by atoms with van der Waals surface area (Å²) in [7, 11) is 0. The molecule has 2 fully saturated rings. The normalized spacial score (nSPS) is 32.6. The third-order valence-electron chi connectivity index (χ3n) is 4.73. The van der Waals surface area contributed by atoms with Gasteiger partial charge in [0.2, 0.25) is 0 Å². The molecule has 2 bridgehead atoms. The van der Waals surface area contributed by atoms with E-state index in [0.717, 1.165) is 23.4 Å². The minimum Gasteiger partial charge on any atom is -0.334 e. The maximum atomic E-state index is 12.8. The van der Waals surface area contributed by atoms with Crippen molar-refractivity contribution in [1.29, 1.82) is 0 Å². The Morgan fingerprint density at radius 3 is 2.74 bits per heavy atom. The fourth-order valence-electron chi connectivity index (χ4n) is 4.42. The Balaban J connectivity index is 1.88. The highest BCUT2D eigenvalue weighted by Crippen LogP contribution is 2.52.